The summed E-state index contributed by atoms with van der Waals surface area (Å²) >= 11 is 0. The fraction of sp³-hybridized carbons (Fsp3) is 1.00. The van der Waals surface area contributed by atoms with Crippen molar-refractivity contribution in [3.05, 3.63) is 0 Å². The lowest BCUT2D eigenvalue weighted by atomic mass is 9.74. The summed E-state index contributed by atoms with van der Waals surface area (Å²) in [6.07, 6.45) is 4.87. The molecule has 2 N–H and O–H groups in total. The third kappa shape index (κ3) is 0.926. The lowest BCUT2D eigenvalue weighted by Crippen LogP contribution is -2.35. The van der Waals surface area contributed by atoms with Gasteiger partial charge in [-0.3, -0.25) is 0 Å². The molecule has 0 saturated heterocycles. The monoisotopic (exact) mass is 156 g/mol. The molecule has 11 heavy (non-hydrogen) atoms. The molecule has 2 aliphatic carbocycles. The third-order valence-corrected chi connectivity index (χ3v) is 3.73. The number of fused-ring (bicyclic) bond motifs is 2. The minimum absolute atomic E-state index is 0.0943. The fourth-order valence-electron chi connectivity index (χ4n) is 3.00. The van der Waals surface area contributed by atoms with Crippen molar-refractivity contribution in [1.82, 2.24) is 0 Å². The number of aliphatic hydroxyl groups excluding tert-OH is 2. The first-order valence-electron chi connectivity index (χ1n) is 4.52. The van der Waals surface area contributed by atoms with Crippen LogP contribution in [0, 0.1) is 17.3 Å². The highest BCUT2D eigenvalue weighted by atomic mass is 16.3. The molecular formula is C9H16O2. The van der Waals surface area contributed by atoms with Crippen molar-refractivity contribution in [3.63, 3.8) is 0 Å². The van der Waals surface area contributed by atoms with Crippen molar-refractivity contribution >= 4 is 0 Å². The van der Waals surface area contributed by atoms with Crippen molar-refractivity contribution in [2.24, 2.45) is 17.3 Å². The lowest BCUT2D eigenvalue weighted by Gasteiger charge is -2.33. The van der Waals surface area contributed by atoms with Gasteiger partial charge in [0.2, 0.25) is 0 Å². The molecule has 0 amide bonds. The number of hydrogen-bond acceptors (Lipinski definition) is 2. The first-order valence-corrected chi connectivity index (χ1v) is 4.52. The maximum atomic E-state index is 9.18. The van der Waals surface area contributed by atoms with Gasteiger partial charge in [0, 0.05) is 5.41 Å². The predicted molar refractivity (Wildman–Crippen MR) is 42.1 cm³/mol. The van der Waals surface area contributed by atoms with E-state index in [2.05, 4.69) is 0 Å². The van der Waals surface area contributed by atoms with Gasteiger partial charge < -0.3 is 10.2 Å². The number of rotatable bonds is 2. The van der Waals surface area contributed by atoms with E-state index in [-0.39, 0.29) is 18.6 Å². The van der Waals surface area contributed by atoms with Crippen LogP contribution in [0.25, 0.3) is 0 Å². The first kappa shape index (κ1) is 7.56. The topological polar surface area (TPSA) is 40.5 Å². The highest BCUT2D eigenvalue weighted by molar-refractivity contribution is 4.99. The molecule has 64 valence electrons. The van der Waals surface area contributed by atoms with Gasteiger partial charge in [0.1, 0.15) is 0 Å². The molecule has 2 atom stereocenters. The summed E-state index contributed by atoms with van der Waals surface area (Å²) in [7, 11) is 0. The van der Waals surface area contributed by atoms with Crippen LogP contribution in [0.5, 0.6) is 0 Å². The maximum absolute atomic E-state index is 9.18. The van der Waals surface area contributed by atoms with Crippen molar-refractivity contribution in [2.45, 2.75) is 25.7 Å². The molecule has 2 aliphatic rings. The van der Waals surface area contributed by atoms with E-state index in [1.54, 1.807) is 0 Å². The smallest absolute Gasteiger partial charge is 0.0512 e. The van der Waals surface area contributed by atoms with Crippen molar-refractivity contribution < 1.29 is 10.2 Å². The van der Waals surface area contributed by atoms with Gasteiger partial charge >= 0.3 is 0 Å². The first-order chi connectivity index (χ1) is 5.30. The molecule has 0 aromatic carbocycles. The molecule has 2 rings (SSSR count). The van der Waals surface area contributed by atoms with Crippen LogP contribution in [0.15, 0.2) is 0 Å². The van der Waals surface area contributed by atoms with Crippen LogP contribution >= 0.6 is 0 Å². The Morgan fingerprint density at radius 3 is 2.18 bits per heavy atom. The zero-order valence-electron chi connectivity index (χ0n) is 6.79. The summed E-state index contributed by atoms with van der Waals surface area (Å²) in [5.74, 6) is 1.42. The standard InChI is InChI=1S/C9H16O2/c10-5-9(6-11)4-7-1-2-8(9)3-7/h7-8,10-11H,1-6H2/t7-,8+/m1/s1. The highest BCUT2D eigenvalue weighted by Crippen LogP contribution is 2.55. The summed E-state index contributed by atoms with van der Waals surface area (Å²) < 4.78 is 0. The van der Waals surface area contributed by atoms with E-state index in [1.807, 2.05) is 0 Å². The zero-order valence-corrected chi connectivity index (χ0v) is 6.79. The maximum Gasteiger partial charge on any atom is 0.0512 e. The van der Waals surface area contributed by atoms with E-state index < -0.39 is 0 Å². The normalized spacial score (nSPS) is 39.8. The van der Waals surface area contributed by atoms with Crippen molar-refractivity contribution in [2.75, 3.05) is 13.2 Å². The molecule has 2 heteroatoms. The van der Waals surface area contributed by atoms with Gasteiger partial charge in [0.25, 0.3) is 0 Å². The molecule has 0 aromatic heterocycles. The lowest BCUT2D eigenvalue weighted by molar-refractivity contribution is 0.00864. The predicted octanol–water partition coefficient (Wildman–Crippen LogP) is 0.777. The molecule has 0 spiro atoms. The van der Waals surface area contributed by atoms with Crippen LogP contribution in [-0.4, -0.2) is 23.4 Å². The van der Waals surface area contributed by atoms with Crippen LogP contribution in [0.4, 0.5) is 0 Å². The van der Waals surface area contributed by atoms with Gasteiger partial charge in [-0.2, -0.15) is 0 Å². The SMILES string of the molecule is OCC1(CO)C[C@@H]2CC[C@H]1C2. The van der Waals surface area contributed by atoms with Gasteiger partial charge in [-0.15, -0.1) is 0 Å². The summed E-state index contributed by atoms with van der Waals surface area (Å²) in [6.45, 7) is 0.370. The molecule has 0 aliphatic heterocycles. The Balaban J connectivity index is 2.14. The summed E-state index contributed by atoms with van der Waals surface area (Å²) in [4.78, 5) is 0. The Labute approximate surface area is 67.2 Å². The molecule has 2 bridgehead atoms. The van der Waals surface area contributed by atoms with Crippen LogP contribution in [0.1, 0.15) is 25.7 Å². The van der Waals surface area contributed by atoms with Crippen LogP contribution < -0.4 is 0 Å². The van der Waals surface area contributed by atoms with Gasteiger partial charge in [0.05, 0.1) is 13.2 Å². The molecule has 0 heterocycles. The number of hydrogen-bond donors (Lipinski definition) is 2. The van der Waals surface area contributed by atoms with E-state index in [0.717, 1.165) is 12.3 Å². The highest BCUT2D eigenvalue weighted by Gasteiger charge is 2.49. The molecule has 0 unspecified atom stereocenters. The van der Waals surface area contributed by atoms with Gasteiger partial charge in [-0.1, -0.05) is 6.42 Å². The van der Waals surface area contributed by atoms with E-state index in [9.17, 15) is 10.2 Å². The van der Waals surface area contributed by atoms with Crippen LogP contribution in [-0.2, 0) is 0 Å². The van der Waals surface area contributed by atoms with Gasteiger partial charge in [-0.05, 0) is 31.1 Å². The van der Waals surface area contributed by atoms with E-state index in [4.69, 9.17) is 0 Å². The summed E-state index contributed by atoms with van der Waals surface area (Å²) in [5, 5.41) is 18.4. The zero-order chi connectivity index (χ0) is 7.90. The van der Waals surface area contributed by atoms with Crippen LogP contribution in [0.3, 0.4) is 0 Å². The van der Waals surface area contributed by atoms with Crippen molar-refractivity contribution in [3.8, 4) is 0 Å². The molecule has 0 aromatic rings. The average Bonchev–Trinajstić information content (AvgIpc) is 2.62. The van der Waals surface area contributed by atoms with Crippen LogP contribution in [0.2, 0.25) is 0 Å². The third-order valence-electron chi connectivity index (χ3n) is 3.73. The van der Waals surface area contributed by atoms with Crippen molar-refractivity contribution in [1.29, 1.82) is 0 Å². The van der Waals surface area contributed by atoms with E-state index in [0.29, 0.717) is 5.92 Å². The second kappa shape index (κ2) is 2.46. The Kier molecular flexibility index (Phi) is 1.69. The minimum Gasteiger partial charge on any atom is -0.396 e. The van der Waals surface area contributed by atoms with Gasteiger partial charge in [-0.25, -0.2) is 0 Å². The Morgan fingerprint density at radius 1 is 1.18 bits per heavy atom. The van der Waals surface area contributed by atoms with E-state index >= 15 is 0 Å². The van der Waals surface area contributed by atoms with Gasteiger partial charge in [0.15, 0.2) is 0 Å². The number of aliphatic hydroxyl groups is 2. The second-order valence-electron chi connectivity index (χ2n) is 4.26. The molecular weight excluding hydrogens is 140 g/mol. The molecule has 2 fully saturated rings. The average molecular weight is 156 g/mol. The molecule has 0 radical (unpaired) electrons. The Bertz CT molecular complexity index is 152. The molecule has 2 nitrogen and oxygen atoms in total. The minimum atomic E-state index is -0.0943. The Hall–Kier alpha value is -0.0800. The van der Waals surface area contributed by atoms with E-state index in [1.165, 1.54) is 19.3 Å². The quantitative estimate of drug-likeness (QED) is 0.620. The summed E-state index contributed by atoms with van der Waals surface area (Å²) in [5.41, 5.74) is -0.0943. The second-order valence-corrected chi connectivity index (χ2v) is 4.26. The summed E-state index contributed by atoms with van der Waals surface area (Å²) in [6, 6.07) is 0. The fourth-order valence-corrected chi connectivity index (χ4v) is 3.00. The largest absolute Gasteiger partial charge is 0.396 e. The Morgan fingerprint density at radius 2 is 1.91 bits per heavy atom. The molecule has 2 saturated carbocycles.